The van der Waals surface area contributed by atoms with Gasteiger partial charge in [-0.15, -0.1) is 6.58 Å². The summed E-state index contributed by atoms with van der Waals surface area (Å²) in [6, 6.07) is 8.96. The Labute approximate surface area is 107 Å². The summed E-state index contributed by atoms with van der Waals surface area (Å²) in [6.07, 6.45) is 1.86. The maximum atomic E-state index is 11.6. The van der Waals surface area contributed by atoms with Crippen LogP contribution in [-0.4, -0.2) is 19.0 Å². The second kappa shape index (κ2) is 7.27. The van der Waals surface area contributed by atoms with Gasteiger partial charge in [-0.25, -0.2) is 0 Å². The van der Waals surface area contributed by atoms with Gasteiger partial charge in [-0.05, 0) is 5.56 Å². The van der Waals surface area contributed by atoms with Gasteiger partial charge in [0.25, 0.3) is 0 Å². The highest BCUT2D eigenvalue weighted by molar-refractivity contribution is 5.79. The predicted octanol–water partition coefficient (Wildman–Crippen LogP) is 1.98. The van der Waals surface area contributed by atoms with E-state index in [1.807, 2.05) is 30.3 Å². The summed E-state index contributed by atoms with van der Waals surface area (Å²) < 4.78 is 4.63. The monoisotopic (exact) mass is 247 g/mol. The van der Waals surface area contributed by atoms with E-state index in [0.29, 0.717) is 0 Å². The standard InChI is InChI=1S/C14H17NO3/c1-3-7-13(16)15-12(10-14(17)18-2)11-8-5-4-6-9-11/h3-6,8-9,12H,1,7,10H2,2H3,(H,15,16). The van der Waals surface area contributed by atoms with Gasteiger partial charge in [0.15, 0.2) is 0 Å². The predicted molar refractivity (Wildman–Crippen MR) is 68.8 cm³/mol. The summed E-state index contributed by atoms with van der Waals surface area (Å²) in [5.41, 5.74) is 0.875. The van der Waals surface area contributed by atoms with Gasteiger partial charge in [-0.1, -0.05) is 36.4 Å². The zero-order valence-corrected chi connectivity index (χ0v) is 10.4. The molecule has 1 N–H and O–H groups in total. The van der Waals surface area contributed by atoms with E-state index in [1.165, 1.54) is 13.2 Å². The fourth-order valence-electron chi connectivity index (χ4n) is 1.57. The molecular weight excluding hydrogens is 230 g/mol. The molecule has 0 aliphatic heterocycles. The third-order valence-corrected chi connectivity index (χ3v) is 2.47. The first kappa shape index (κ1) is 14.0. The highest BCUT2D eigenvalue weighted by Gasteiger charge is 2.17. The lowest BCUT2D eigenvalue weighted by Gasteiger charge is -2.17. The largest absolute Gasteiger partial charge is 0.469 e. The van der Waals surface area contributed by atoms with Gasteiger partial charge in [0.1, 0.15) is 0 Å². The molecule has 0 saturated carbocycles. The van der Waals surface area contributed by atoms with E-state index in [2.05, 4.69) is 16.6 Å². The number of esters is 1. The average molecular weight is 247 g/mol. The summed E-state index contributed by atoms with van der Waals surface area (Å²) >= 11 is 0. The fourth-order valence-corrected chi connectivity index (χ4v) is 1.57. The molecule has 0 fully saturated rings. The Kier molecular flexibility index (Phi) is 5.64. The summed E-state index contributed by atoms with van der Waals surface area (Å²) in [7, 11) is 1.33. The number of hydrogen-bond acceptors (Lipinski definition) is 3. The Morgan fingerprint density at radius 1 is 1.39 bits per heavy atom. The number of hydrogen-bond donors (Lipinski definition) is 1. The Hall–Kier alpha value is -2.10. The number of nitrogens with one attached hydrogen (secondary N) is 1. The first-order chi connectivity index (χ1) is 8.67. The van der Waals surface area contributed by atoms with E-state index in [-0.39, 0.29) is 30.8 Å². The Bertz CT molecular complexity index is 414. The summed E-state index contributed by atoms with van der Waals surface area (Å²) in [5, 5.41) is 2.79. The third kappa shape index (κ3) is 4.41. The Morgan fingerprint density at radius 2 is 2.06 bits per heavy atom. The average Bonchev–Trinajstić information content (AvgIpc) is 2.39. The van der Waals surface area contributed by atoms with Crippen LogP contribution < -0.4 is 5.32 Å². The smallest absolute Gasteiger partial charge is 0.307 e. The van der Waals surface area contributed by atoms with E-state index in [4.69, 9.17) is 0 Å². The topological polar surface area (TPSA) is 55.4 Å². The minimum Gasteiger partial charge on any atom is -0.469 e. The van der Waals surface area contributed by atoms with Crippen molar-refractivity contribution in [1.82, 2.24) is 5.32 Å². The molecule has 0 aliphatic rings. The number of methoxy groups -OCH3 is 1. The molecule has 1 aromatic rings. The molecule has 0 radical (unpaired) electrons. The Morgan fingerprint density at radius 3 is 2.61 bits per heavy atom. The van der Waals surface area contributed by atoms with Crippen molar-refractivity contribution in [3.63, 3.8) is 0 Å². The molecule has 1 atom stereocenters. The molecule has 4 nitrogen and oxygen atoms in total. The fraction of sp³-hybridized carbons (Fsp3) is 0.286. The SMILES string of the molecule is C=CCC(=O)NC(CC(=O)OC)c1ccccc1. The van der Waals surface area contributed by atoms with Crippen molar-refractivity contribution in [2.24, 2.45) is 0 Å². The van der Waals surface area contributed by atoms with Crippen LogP contribution in [-0.2, 0) is 14.3 Å². The number of rotatable bonds is 6. The Balaban J connectivity index is 2.78. The summed E-state index contributed by atoms with van der Waals surface area (Å²) in [4.78, 5) is 22.9. The van der Waals surface area contributed by atoms with Gasteiger partial charge < -0.3 is 10.1 Å². The van der Waals surface area contributed by atoms with Crippen LogP contribution in [0.5, 0.6) is 0 Å². The van der Waals surface area contributed by atoms with E-state index < -0.39 is 0 Å². The van der Waals surface area contributed by atoms with Crippen molar-refractivity contribution in [3.05, 3.63) is 48.6 Å². The van der Waals surface area contributed by atoms with Crippen LogP contribution in [0.15, 0.2) is 43.0 Å². The lowest BCUT2D eigenvalue weighted by atomic mass is 10.0. The summed E-state index contributed by atoms with van der Waals surface area (Å²) in [5.74, 6) is -0.523. The van der Waals surface area contributed by atoms with Gasteiger partial charge in [-0.3, -0.25) is 9.59 Å². The van der Waals surface area contributed by atoms with Crippen LogP contribution in [0.3, 0.4) is 0 Å². The minimum atomic E-state index is -0.369. The van der Waals surface area contributed by atoms with E-state index >= 15 is 0 Å². The van der Waals surface area contributed by atoms with E-state index in [1.54, 1.807) is 0 Å². The van der Waals surface area contributed by atoms with Crippen molar-refractivity contribution in [2.75, 3.05) is 7.11 Å². The van der Waals surface area contributed by atoms with Crippen molar-refractivity contribution < 1.29 is 14.3 Å². The molecule has 1 aromatic carbocycles. The number of benzene rings is 1. The molecule has 0 bridgehead atoms. The highest BCUT2D eigenvalue weighted by Crippen LogP contribution is 2.17. The molecule has 0 aromatic heterocycles. The van der Waals surface area contributed by atoms with Gasteiger partial charge in [0.05, 0.1) is 19.6 Å². The van der Waals surface area contributed by atoms with Crippen LogP contribution in [0.4, 0.5) is 0 Å². The third-order valence-electron chi connectivity index (χ3n) is 2.47. The molecule has 0 heterocycles. The number of ether oxygens (including phenoxy) is 1. The van der Waals surface area contributed by atoms with Crippen molar-refractivity contribution in [1.29, 1.82) is 0 Å². The molecule has 1 amide bonds. The number of carbonyl (C=O) groups excluding carboxylic acids is 2. The lowest BCUT2D eigenvalue weighted by Crippen LogP contribution is -2.29. The van der Waals surface area contributed by atoms with E-state index in [0.717, 1.165) is 5.56 Å². The molecule has 4 heteroatoms. The van der Waals surface area contributed by atoms with Gasteiger partial charge in [0.2, 0.25) is 5.91 Å². The first-order valence-electron chi connectivity index (χ1n) is 5.69. The molecule has 0 aliphatic carbocycles. The van der Waals surface area contributed by atoms with Crippen molar-refractivity contribution in [2.45, 2.75) is 18.9 Å². The maximum Gasteiger partial charge on any atom is 0.307 e. The molecule has 18 heavy (non-hydrogen) atoms. The van der Waals surface area contributed by atoms with Crippen LogP contribution in [0.25, 0.3) is 0 Å². The van der Waals surface area contributed by atoms with Crippen LogP contribution >= 0.6 is 0 Å². The van der Waals surface area contributed by atoms with Gasteiger partial charge >= 0.3 is 5.97 Å². The number of carbonyl (C=O) groups is 2. The summed E-state index contributed by atoms with van der Waals surface area (Å²) in [6.45, 7) is 3.51. The second-order valence-corrected chi connectivity index (χ2v) is 3.80. The lowest BCUT2D eigenvalue weighted by molar-refractivity contribution is -0.141. The first-order valence-corrected chi connectivity index (χ1v) is 5.69. The van der Waals surface area contributed by atoms with Gasteiger partial charge in [-0.2, -0.15) is 0 Å². The van der Waals surface area contributed by atoms with Crippen molar-refractivity contribution >= 4 is 11.9 Å². The van der Waals surface area contributed by atoms with Crippen molar-refractivity contribution in [3.8, 4) is 0 Å². The molecule has 0 spiro atoms. The molecule has 0 saturated heterocycles. The molecule has 96 valence electrons. The second-order valence-electron chi connectivity index (χ2n) is 3.80. The highest BCUT2D eigenvalue weighted by atomic mass is 16.5. The van der Waals surface area contributed by atoms with E-state index in [9.17, 15) is 9.59 Å². The maximum absolute atomic E-state index is 11.6. The van der Waals surface area contributed by atoms with Crippen LogP contribution in [0, 0.1) is 0 Å². The van der Waals surface area contributed by atoms with Crippen LogP contribution in [0.1, 0.15) is 24.4 Å². The molecular formula is C14H17NO3. The van der Waals surface area contributed by atoms with Crippen LogP contribution in [0.2, 0.25) is 0 Å². The minimum absolute atomic E-state index is 0.114. The van der Waals surface area contributed by atoms with Gasteiger partial charge in [0, 0.05) is 6.42 Å². The number of amides is 1. The zero-order chi connectivity index (χ0) is 13.4. The molecule has 1 unspecified atom stereocenters. The normalized spacial score (nSPS) is 11.4. The zero-order valence-electron chi connectivity index (χ0n) is 10.4. The quantitative estimate of drug-likeness (QED) is 0.617. The molecule has 1 rings (SSSR count).